The maximum Gasteiger partial charge on any atom is 0.262 e. The van der Waals surface area contributed by atoms with Gasteiger partial charge in [-0.15, -0.1) is 0 Å². The Kier molecular flexibility index (Phi) is 6.13. The summed E-state index contributed by atoms with van der Waals surface area (Å²) in [6, 6.07) is 11.9. The molecule has 0 N–H and O–H groups in total. The molecule has 0 aliphatic rings. The lowest BCUT2D eigenvalue weighted by molar-refractivity contribution is 0.156. The maximum absolute atomic E-state index is 13.9. The Morgan fingerprint density at radius 3 is 2.70 bits per heavy atom. The van der Waals surface area contributed by atoms with Gasteiger partial charge in [0.05, 0.1) is 30.7 Å². The van der Waals surface area contributed by atoms with E-state index in [-0.39, 0.29) is 17.4 Å². The van der Waals surface area contributed by atoms with Crippen molar-refractivity contribution in [3.8, 4) is 5.75 Å². The van der Waals surface area contributed by atoms with Gasteiger partial charge in [0.2, 0.25) is 0 Å². The molecule has 0 amide bonds. The van der Waals surface area contributed by atoms with E-state index in [1.54, 1.807) is 29.9 Å². The average Bonchev–Trinajstić information content (AvgIpc) is 2.66. The number of rotatable bonds is 7. The molecule has 1 heterocycles. The first-order valence-corrected chi connectivity index (χ1v) is 9.49. The van der Waals surface area contributed by atoms with Gasteiger partial charge in [-0.25, -0.2) is 9.37 Å². The molecule has 0 saturated heterocycles. The third kappa shape index (κ3) is 4.14. The summed E-state index contributed by atoms with van der Waals surface area (Å²) in [5.74, 6) is 0.274. The summed E-state index contributed by atoms with van der Waals surface area (Å²) in [7, 11) is 3.03. The Bertz CT molecular complexity index is 1010. The van der Waals surface area contributed by atoms with Gasteiger partial charge in [0.25, 0.3) is 5.56 Å². The summed E-state index contributed by atoms with van der Waals surface area (Å²) in [5, 5.41) is 1.15. The number of methoxy groups -OCH3 is 2. The monoisotopic (exact) mass is 388 g/mol. The van der Waals surface area contributed by atoms with Crippen LogP contribution in [0.25, 0.3) is 10.9 Å². The standard InChI is InChI=1S/C20H21FN2O3S/c1-13(11-25-2)23-19(24)15-6-4-5-7-17(15)22-20(23)27-12-14-8-9-18(26-3)16(21)10-14/h4-10,13H,11-12H2,1-3H3/t13-/m0/s1. The van der Waals surface area contributed by atoms with E-state index in [4.69, 9.17) is 9.47 Å². The highest BCUT2D eigenvalue weighted by Crippen LogP contribution is 2.26. The molecule has 5 nitrogen and oxygen atoms in total. The van der Waals surface area contributed by atoms with Crippen molar-refractivity contribution in [3.63, 3.8) is 0 Å². The Labute approximate surface area is 161 Å². The lowest BCUT2D eigenvalue weighted by Crippen LogP contribution is -2.28. The highest BCUT2D eigenvalue weighted by molar-refractivity contribution is 7.98. The number of ether oxygens (including phenoxy) is 2. The van der Waals surface area contributed by atoms with Crippen LogP contribution in [0.1, 0.15) is 18.5 Å². The van der Waals surface area contributed by atoms with Crippen LogP contribution < -0.4 is 10.3 Å². The summed E-state index contributed by atoms with van der Waals surface area (Å²) < 4.78 is 25.8. The fraction of sp³-hybridized carbons (Fsp3) is 0.300. The first-order valence-electron chi connectivity index (χ1n) is 8.50. The van der Waals surface area contributed by atoms with E-state index >= 15 is 0 Å². The van der Waals surface area contributed by atoms with Gasteiger partial charge < -0.3 is 9.47 Å². The molecule has 0 aliphatic heterocycles. The number of para-hydroxylation sites is 1. The number of fused-ring (bicyclic) bond motifs is 1. The van der Waals surface area contributed by atoms with E-state index in [1.165, 1.54) is 24.9 Å². The second-order valence-electron chi connectivity index (χ2n) is 6.15. The van der Waals surface area contributed by atoms with Crippen molar-refractivity contribution >= 4 is 22.7 Å². The third-order valence-electron chi connectivity index (χ3n) is 4.21. The molecule has 142 valence electrons. The minimum Gasteiger partial charge on any atom is -0.494 e. The van der Waals surface area contributed by atoms with Gasteiger partial charge in [-0.05, 0) is 36.8 Å². The number of nitrogens with zero attached hydrogens (tertiary/aromatic N) is 2. The fourth-order valence-corrected chi connectivity index (χ4v) is 3.92. The topological polar surface area (TPSA) is 53.4 Å². The van der Waals surface area contributed by atoms with Crippen molar-refractivity contribution in [2.75, 3.05) is 20.8 Å². The summed E-state index contributed by atoms with van der Waals surface area (Å²) in [6.45, 7) is 2.31. The first kappa shape index (κ1) is 19.4. The number of thioether (sulfide) groups is 1. The van der Waals surface area contributed by atoms with Crippen LogP contribution in [-0.2, 0) is 10.5 Å². The van der Waals surface area contributed by atoms with E-state index in [0.717, 1.165) is 5.56 Å². The van der Waals surface area contributed by atoms with Crippen molar-refractivity contribution in [1.29, 1.82) is 0 Å². The smallest absolute Gasteiger partial charge is 0.262 e. The van der Waals surface area contributed by atoms with Crippen LogP contribution in [0.5, 0.6) is 5.75 Å². The highest BCUT2D eigenvalue weighted by Gasteiger charge is 2.17. The molecule has 0 radical (unpaired) electrons. The zero-order chi connectivity index (χ0) is 19.4. The average molecular weight is 388 g/mol. The molecule has 3 aromatic rings. The number of benzene rings is 2. The third-order valence-corrected chi connectivity index (χ3v) is 5.23. The van der Waals surface area contributed by atoms with Crippen molar-refractivity contribution in [1.82, 2.24) is 9.55 Å². The van der Waals surface area contributed by atoms with Gasteiger partial charge in [-0.2, -0.15) is 0 Å². The SMILES string of the molecule is COC[C@H](C)n1c(SCc2ccc(OC)c(F)c2)nc2ccccc2c1=O. The van der Waals surface area contributed by atoms with Crippen LogP contribution in [0.15, 0.2) is 52.4 Å². The molecule has 0 spiro atoms. The lowest BCUT2D eigenvalue weighted by atomic mass is 10.2. The van der Waals surface area contributed by atoms with Crippen LogP contribution in [0.4, 0.5) is 4.39 Å². The van der Waals surface area contributed by atoms with Gasteiger partial charge >= 0.3 is 0 Å². The molecule has 0 fully saturated rings. The van der Waals surface area contributed by atoms with E-state index in [9.17, 15) is 9.18 Å². The van der Waals surface area contributed by atoms with Gasteiger partial charge in [-0.3, -0.25) is 9.36 Å². The Hall–Kier alpha value is -2.38. The van der Waals surface area contributed by atoms with Gasteiger partial charge in [0.1, 0.15) is 0 Å². The van der Waals surface area contributed by atoms with Crippen molar-refractivity contribution in [3.05, 3.63) is 64.2 Å². The summed E-state index contributed by atoms with van der Waals surface area (Å²) in [4.78, 5) is 17.7. The fourth-order valence-electron chi connectivity index (χ4n) is 2.88. The van der Waals surface area contributed by atoms with Crippen LogP contribution in [0.2, 0.25) is 0 Å². The number of aromatic nitrogens is 2. The largest absolute Gasteiger partial charge is 0.494 e. The summed E-state index contributed by atoms with van der Waals surface area (Å²) in [6.07, 6.45) is 0. The predicted octanol–water partition coefficient (Wildman–Crippen LogP) is 4.04. The van der Waals surface area contributed by atoms with E-state index in [0.29, 0.717) is 28.4 Å². The Morgan fingerprint density at radius 1 is 1.22 bits per heavy atom. The van der Waals surface area contributed by atoms with Crippen molar-refractivity contribution in [2.24, 2.45) is 0 Å². The quantitative estimate of drug-likeness (QED) is 0.452. The second kappa shape index (κ2) is 8.54. The molecule has 0 saturated carbocycles. The van der Waals surface area contributed by atoms with Crippen molar-refractivity contribution < 1.29 is 13.9 Å². The number of hydrogen-bond acceptors (Lipinski definition) is 5. The first-order chi connectivity index (χ1) is 13.0. The van der Waals surface area contributed by atoms with Crippen molar-refractivity contribution in [2.45, 2.75) is 23.9 Å². The Balaban J connectivity index is 1.98. The van der Waals surface area contributed by atoms with Gasteiger partial charge in [0.15, 0.2) is 16.7 Å². The molecule has 1 atom stereocenters. The minimum absolute atomic E-state index is 0.103. The molecule has 1 aromatic heterocycles. The van der Waals surface area contributed by atoms with E-state index in [2.05, 4.69) is 4.98 Å². The molecule has 0 aliphatic carbocycles. The van der Waals surface area contributed by atoms with Gasteiger partial charge in [-0.1, -0.05) is 30.0 Å². The number of halogens is 1. The molecular formula is C20H21FN2O3S. The van der Waals surface area contributed by atoms with Crippen LogP contribution >= 0.6 is 11.8 Å². The molecule has 0 unspecified atom stereocenters. The number of hydrogen-bond donors (Lipinski definition) is 0. The molecule has 3 rings (SSSR count). The second-order valence-corrected chi connectivity index (χ2v) is 7.09. The molecule has 27 heavy (non-hydrogen) atoms. The zero-order valence-corrected chi connectivity index (χ0v) is 16.3. The van der Waals surface area contributed by atoms with Crippen LogP contribution in [0.3, 0.4) is 0 Å². The highest BCUT2D eigenvalue weighted by atomic mass is 32.2. The zero-order valence-electron chi connectivity index (χ0n) is 15.4. The molecule has 0 bridgehead atoms. The molecular weight excluding hydrogens is 367 g/mol. The molecule has 2 aromatic carbocycles. The van der Waals surface area contributed by atoms with E-state index < -0.39 is 5.82 Å². The minimum atomic E-state index is -0.410. The van der Waals surface area contributed by atoms with Crippen LogP contribution in [0, 0.1) is 5.82 Å². The maximum atomic E-state index is 13.9. The van der Waals surface area contributed by atoms with E-state index in [1.807, 2.05) is 25.1 Å². The summed E-state index contributed by atoms with van der Waals surface area (Å²) in [5.41, 5.74) is 1.33. The summed E-state index contributed by atoms with van der Waals surface area (Å²) >= 11 is 1.39. The Morgan fingerprint density at radius 2 is 2.00 bits per heavy atom. The lowest BCUT2D eigenvalue weighted by Gasteiger charge is -2.19. The van der Waals surface area contributed by atoms with Crippen LogP contribution in [-0.4, -0.2) is 30.4 Å². The normalized spacial score (nSPS) is 12.3. The predicted molar refractivity (Wildman–Crippen MR) is 105 cm³/mol. The molecule has 7 heteroatoms. The van der Waals surface area contributed by atoms with Gasteiger partial charge in [0, 0.05) is 12.9 Å².